The summed E-state index contributed by atoms with van der Waals surface area (Å²) in [5.74, 6) is 1.51. The summed E-state index contributed by atoms with van der Waals surface area (Å²) in [4.78, 5) is 46.6. The molecule has 1 unspecified atom stereocenters. The minimum absolute atomic E-state index is 0.0619. The van der Waals surface area contributed by atoms with Crippen molar-refractivity contribution in [1.29, 1.82) is 0 Å². The minimum atomic E-state index is -1.31. The summed E-state index contributed by atoms with van der Waals surface area (Å²) in [5, 5.41) is 29.9. The number of hydrogen-bond acceptors (Lipinski definition) is 5. The monoisotopic (exact) mass is 418 g/mol. The average molecular weight is 418 g/mol. The van der Waals surface area contributed by atoms with Crippen LogP contribution in [0.5, 0.6) is 0 Å². The van der Waals surface area contributed by atoms with Crippen LogP contribution < -0.4 is 5.32 Å². The largest absolute Gasteiger partial charge is 0.480 e. The number of benzene rings is 1. The molecule has 162 valence electrons. The van der Waals surface area contributed by atoms with Crippen molar-refractivity contribution in [2.75, 3.05) is 19.6 Å². The van der Waals surface area contributed by atoms with Crippen LogP contribution in [0.1, 0.15) is 47.7 Å². The zero-order valence-electron chi connectivity index (χ0n) is 17.0. The zero-order chi connectivity index (χ0) is 22.7. The van der Waals surface area contributed by atoms with E-state index in [-0.39, 0.29) is 12.3 Å². The molecule has 0 saturated heterocycles. The normalized spacial score (nSPS) is 11.3. The number of hydrogen-bond donors (Lipinski definition) is 4. The molecule has 4 N–H and O–H groups in total. The molecule has 0 aromatic heterocycles. The van der Waals surface area contributed by atoms with Gasteiger partial charge >= 0.3 is 17.9 Å². The average Bonchev–Trinajstić information content (AvgIpc) is 2.64. The lowest BCUT2D eigenvalue weighted by Gasteiger charge is -2.25. The van der Waals surface area contributed by atoms with Crippen molar-refractivity contribution in [3.63, 3.8) is 0 Å². The van der Waals surface area contributed by atoms with Crippen LogP contribution in [-0.4, -0.2) is 69.7 Å². The third-order valence-electron chi connectivity index (χ3n) is 4.34. The van der Waals surface area contributed by atoms with Crippen molar-refractivity contribution >= 4 is 23.8 Å². The molecule has 1 aromatic rings. The van der Waals surface area contributed by atoms with Gasteiger partial charge in [0.25, 0.3) is 5.91 Å². The second-order valence-electron chi connectivity index (χ2n) is 6.70. The molecule has 0 radical (unpaired) electrons. The lowest BCUT2D eigenvalue weighted by molar-refractivity contribution is -0.149. The van der Waals surface area contributed by atoms with Crippen LogP contribution in [0.15, 0.2) is 18.2 Å². The fourth-order valence-electron chi connectivity index (χ4n) is 2.93. The Kier molecular flexibility index (Phi) is 10.1. The maximum Gasteiger partial charge on any atom is 0.320 e. The van der Waals surface area contributed by atoms with Crippen molar-refractivity contribution in [2.45, 2.75) is 39.2 Å². The number of nitrogens with one attached hydrogen (secondary N) is 1. The van der Waals surface area contributed by atoms with Crippen LogP contribution in [0.4, 0.5) is 0 Å². The van der Waals surface area contributed by atoms with Gasteiger partial charge in [-0.3, -0.25) is 24.1 Å². The fraction of sp³-hybridized carbons (Fsp3) is 0.429. The molecule has 0 aliphatic heterocycles. The van der Waals surface area contributed by atoms with Crippen LogP contribution in [-0.2, 0) is 14.4 Å². The van der Waals surface area contributed by atoms with Crippen LogP contribution in [0.25, 0.3) is 0 Å². The second-order valence-corrected chi connectivity index (χ2v) is 6.70. The van der Waals surface area contributed by atoms with Crippen molar-refractivity contribution in [1.82, 2.24) is 10.2 Å². The van der Waals surface area contributed by atoms with Gasteiger partial charge in [0, 0.05) is 17.7 Å². The third kappa shape index (κ3) is 8.32. The number of carboxylic acids is 3. The van der Waals surface area contributed by atoms with Crippen molar-refractivity contribution in [3.8, 4) is 11.8 Å². The van der Waals surface area contributed by atoms with E-state index in [1.807, 2.05) is 19.1 Å². The summed E-state index contributed by atoms with van der Waals surface area (Å²) in [6.45, 7) is 2.45. The molecule has 0 aliphatic carbocycles. The van der Waals surface area contributed by atoms with E-state index >= 15 is 0 Å². The summed E-state index contributed by atoms with van der Waals surface area (Å²) in [5.41, 5.74) is 2.04. The van der Waals surface area contributed by atoms with Gasteiger partial charge in [0.05, 0.1) is 13.1 Å². The zero-order valence-corrected chi connectivity index (χ0v) is 17.0. The maximum absolute atomic E-state index is 12.4. The molecule has 0 saturated carbocycles. The molecule has 0 heterocycles. The first-order valence-corrected chi connectivity index (χ1v) is 9.37. The van der Waals surface area contributed by atoms with E-state index in [1.165, 1.54) is 0 Å². The Bertz CT molecular complexity index is 839. The van der Waals surface area contributed by atoms with E-state index in [0.717, 1.165) is 16.0 Å². The van der Waals surface area contributed by atoms with E-state index in [2.05, 4.69) is 17.2 Å². The Morgan fingerprint density at radius 3 is 2.23 bits per heavy atom. The van der Waals surface area contributed by atoms with Gasteiger partial charge in [0.15, 0.2) is 0 Å². The van der Waals surface area contributed by atoms with E-state index in [0.29, 0.717) is 24.9 Å². The fourth-order valence-corrected chi connectivity index (χ4v) is 2.93. The summed E-state index contributed by atoms with van der Waals surface area (Å²) >= 11 is 0. The van der Waals surface area contributed by atoms with Crippen LogP contribution in [0, 0.1) is 18.8 Å². The van der Waals surface area contributed by atoms with E-state index < -0.39 is 37.0 Å². The highest BCUT2D eigenvalue weighted by atomic mass is 16.4. The van der Waals surface area contributed by atoms with Crippen molar-refractivity contribution in [2.24, 2.45) is 0 Å². The summed E-state index contributed by atoms with van der Waals surface area (Å²) in [7, 11) is 0. The smallest absolute Gasteiger partial charge is 0.320 e. The summed E-state index contributed by atoms with van der Waals surface area (Å²) < 4.78 is 0. The minimum Gasteiger partial charge on any atom is -0.480 e. The summed E-state index contributed by atoms with van der Waals surface area (Å²) in [6.07, 6.45) is 0.886. The number of carboxylic acid groups (broad SMARTS) is 3. The highest BCUT2D eigenvalue weighted by molar-refractivity contribution is 5.96. The molecule has 1 rings (SSSR count). The van der Waals surface area contributed by atoms with Crippen LogP contribution >= 0.6 is 0 Å². The Hall–Kier alpha value is -3.38. The lowest BCUT2D eigenvalue weighted by atomic mass is 10.0. The van der Waals surface area contributed by atoms with Crippen LogP contribution in [0.3, 0.4) is 0 Å². The van der Waals surface area contributed by atoms with Gasteiger partial charge < -0.3 is 20.6 Å². The molecule has 0 fully saturated rings. The Morgan fingerprint density at radius 1 is 1.07 bits per heavy atom. The van der Waals surface area contributed by atoms with E-state index in [9.17, 15) is 24.3 Å². The Morgan fingerprint density at radius 2 is 1.70 bits per heavy atom. The van der Waals surface area contributed by atoms with Gasteiger partial charge in [-0.2, -0.15) is 0 Å². The molecule has 0 bridgehead atoms. The molecule has 30 heavy (non-hydrogen) atoms. The molecule has 9 nitrogen and oxygen atoms in total. The molecule has 1 atom stereocenters. The number of carbonyl (C=O) groups is 4. The molecule has 0 aliphatic rings. The first-order valence-electron chi connectivity index (χ1n) is 9.37. The summed E-state index contributed by atoms with van der Waals surface area (Å²) in [6, 6.07) is 4.11. The highest BCUT2D eigenvalue weighted by Crippen LogP contribution is 2.12. The van der Waals surface area contributed by atoms with Gasteiger partial charge in [-0.15, -0.1) is 5.92 Å². The molecule has 1 aromatic carbocycles. The van der Waals surface area contributed by atoms with Crippen molar-refractivity contribution in [3.05, 3.63) is 34.9 Å². The molecule has 9 heteroatoms. The maximum atomic E-state index is 12.4. The number of amides is 1. The molecule has 1 amide bonds. The second kappa shape index (κ2) is 12.2. The SMILES string of the molecule is CC#Cc1ccc(C)c(C(=O)NCCCCC(C(=O)O)N(CC(=O)O)CC(=O)O)c1. The topological polar surface area (TPSA) is 144 Å². The number of aryl methyl sites for hydroxylation is 1. The predicted octanol–water partition coefficient (Wildman–Crippen LogP) is 1.19. The van der Waals surface area contributed by atoms with Gasteiger partial charge in [0.1, 0.15) is 6.04 Å². The van der Waals surface area contributed by atoms with Crippen LogP contribution in [0.2, 0.25) is 0 Å². The molecular formula is C21H26N2O7. The first kappa shape index (κ1) is 24.7. The lowest BCUT2D eigenvalue weighted by Crippen LogP contribution is -2.46. The Labute approximate surface area is 174 Å². The van der Waals surface area contributed by atoms with Gasteiger partial charge in [0.2, 0.25) is 0 Å². The van der Waals surface area contributed by atoms with Gasteiger partial charge in [-0.25, -0.2) is 0 Å². The number of unbranched alkanes of at least 4 members (excludes halogenated alkanes) is 1. The van der Waals surface area contributed by atoms with Gasteiger partial charge in [-0.05, 0) is 50.8 Å². The highest BCUT2D eigenvalue weighted by Gasteiger charge is 2.28. The van der Waals surface area contributed by atoms with E-state index in [4.69, 9.17) is 10.2 Å². The molecular weight excluding hydrogens is 392 g/mol. The number of rotatable bonds is 12. The quantitative estimate of drug-likeness (QED) is 0.293. The predicted molar refractivity (Wildman–Crippen MR) is 108 cm³/mol. The number of aliphatic carboxylic acids is 3. The van der Waals surface area contributed by atoms with E-state index in [1.54, 1.807) is 13.0 Å². The number of nitrogens with zero attached hydrogens (tertiary/aromatic N) is 1. The number of carbonyl (C=O) groups excluding carboxylic acids is 1. The third-order valence-corrected chi connectivity index (χ3v) is 4.34. The standard InChI is InChI=1S/C21H26N2O7/c1-3-6-15-9-8-14(2)16(11-15)20(28)22-10-5-4-7-17(21(29)30)23(12-18(24)25)13-19(26)27/h8-9,11,17H,4-5,7,10,12-13H2,1-2H3,(H,22,28)(H,24,25)(H,26,27)(H,29,30). The Balaban J connectivity index is 2.61. The van der Waals surface area contributed by atoms with Gasteiger partial charge in [-0.1, -0.05) is 12.0 Å². The first-order chi connectivity index (χ1) is 14.1. The van der Waals surface area contributed by atoms with Crippen molar-refractivity contribution < 1.29 is 34.5 Å². The molecule has 0 spiro atoms.